The molecule has 0 amide bonds. The van der Waals surface area contributed by atoms with Crippen LogP contribution >= 0.6 is 11.8 Å². The summed E-state index contributed by atoms with van der Waals surface area (Å²) in [6, 6.07) is 0. The van der Waals surface area contributed by atoms with Crippen molar-refractivity contribution in [3.8, 4) is 0 Å². The number of carbonyl (C=O) groups is 1. The van der Waals surface area contributed by atoms with Gasteiger partial charge in [-0.15, -0.1) is 0 Å². The van der Waals surface area contributed by atoms with Gasteiger partial charge in [-0.3, -0.25) is 9.79 Å². The lowest BCUT2D eigenvalue weighted by Gasteiger charge is -2.15. The summed E-state index contributed by atoms with van der Waals surface area (Å²) in [5, 5.41) is 4.04. The lowest BCUT2D eigenvalue weighted by molar-refractivity contribution is -0.138. The molecule has 1 saturated heterocycles. The Bertz CT molecular complexity index is 238. The molecule has 1 N–H and O–H groups in total. The summed E-state index contributed by atoms with van der Waals surface area (Å²) in [4.78, 5) is 14.8. The Morgan fingerprint density at radius 2 is 2.46 bits per heavy atom. The Morgan fingerprint density at radius 3 is 2.92 bits per heavy atom. The third-order valence-corrected chi connectivity index (χ3v) is 2.97. The van der Waals surface area contributed by atoms with Gasteiger partial charge in [0.25, 0.3) is 0 Å². The fraction of sp³-hybridized carbons (Fsp3) is 0.750. The normalized spacial score (nSPS) is 22.8. The molecule has 0 aromatic carbocycles. The van der Waals surface area contributed by atoms with Gasteiger partial charge in [0.15, 0.2) is 5.17 Å². The third-order valence-electron chi connectivity index (χ3n) is 1.59. The summed E-state index contributed by atoms with van der Waals surface area (Å²) >= 11 is 1.63. The molecule has 0 aromatic heterocycles. The van der Waals surface area contributed by atoms with Crippen LogP contribution in [0.15, 0.2) is 4.99 Å². The second-order valence-electron chi connectivity index (χ2n) is 3.50. The van der Waals surface area contributed by atoms with E-state index in [1.54, 1.807) is 11.8 Å². The maximum atomic E-state index is 10.8. The van der Waals surface area contributed by atoms with Gasteiger partial charge in [0.1, 0.15) is 6.54 Å². The standard InChI is InChI=1S/C8H14N2O2S/c1-8(2)5-13-7(10-8)9-4-6(11)12-3/h4-5H2,1-3H3,(H,9,10). The molecule has 74 valence electrons. The van der Waals surface area contributed by atoms with Crippen LogP contribution in [0.2, 0.25) is 0 Å². The number of nitrogens with one attached hydrogen (secondary N) is 1. The van der Waals surface area contributed by atoms with Gasteiger partial charge in [-0.25, -0.2) is 0 Å². The summed E-state index contributed by atoms with van der Waals surface area (Å²) in [5.74, 6) is 0.673. The number of aliphatic imine (C=N–C) groups is 1. The Balaban J connectivity index is 2.42. The van der Waals surface area contributed by atoms with Crippen LogP contribution in [0.4, 0.5) is 0 Å². The van der Waals surface area contributed by atoms with E-state index in [4.69, 9.17) is 0 Å². The van der Waals surface area contributed by atoms with Crippen molar-refractivity contribution < 1.29 is 9.53 Å². The molecule has 1 aliphatic rings. The Morgan fingerprint density at radius 1 is 1.77 bits per heavy atom. The van der Waals surface area contributed by atoms with Gasteiger partial charge < -0.3 is 10.1 Å². The van der Waals surface area contributed by atoms with Crippen molar-refractivity contribution in [1.29, 1.82) is 0 Å². The highest BCUT2D eigenvalue weighted by atomic mass is 32.2. The smallest absolute Gasteiger partial charge is 0.327 e. The monoisotopic (exact) mass is 202 g/mol. The number of esters is 1. The number of hydrogen-bond acceptors (Lipinski definition) is 4. The van der Waals surface area contributed by atoms with E-state index in [1.807, 2.05) is 0 Å². The predicted octanol–water partition coefficient (Wildman–Crippen LogP) is 0.630. The lowest BCUT2D eigenvalue weighted by Crippen LogP contribution is -2.37. The van der Waals surface area contributed by atoms with Crippen LogP contribution in [-0.4, -0.2) is 36.1 Å². The molecule has 0 saturated carbocycles. The van der Waals surface area contributed by atoms with E-state index in [1.165, 1.54) is 7.11 Å². The van der Waals surface area contributed by atoms with Crippen molar-refractivity contribution in [2.75, 3.05) is 19.4 Å². The van der Waals surface area contributed by atoms with Crippen LogP contribution in [-0.2, 0) is 9.53 Å². The summed E-state index contributed by atoms with van der Waals surface area (Å²) in [7, 11) is 1.36. The van der Waals surface area contributed by atoms with Gasteiger partial charge in [-0.05, 0) is 13.8 Å². The van der Waals surface area contributed by atoms with Crippen molar-refractivity contribution >= 4 is 22.9 Å². The van der Waals surface area contributed by atoms with Crippen molar-refractivity contribution in [3.63, 3.8) is 0 Å². The van der Waals surface area contributed by atoms with Crippen molar-refractivity contribution in [3.05, 3.63) is 0 Å². The van der Waals surface area contributed by atoms with Crippen LogP contribution in [0, 0.1) is 0 Å². The van der Waals surface area contributed by atoms with Gasteiger partial charge in [0.2, 0.25) is 0 Å². The SMILES string of the molecule is COC(=O)CN=C1NC(C)(C)CS1. The van der Waals surface area contributed by atoms with E-state index >= 15 is 0 Å². The molecule has 1 aliphatic heterocycles. The minimum Gasteiger partial charge on any atom is -0.468 e. The minimum atomic E-state index is -0.306. The zero-order valence-electron chi connectivity index (χ0n) is 8.09. The maximum absolute atomic E-state index is 10.8. The highest BCUT2D eigenvalue weighted by Crippen LogP contribution is 2.21. The molecule has 4 nitrogen and oxygen atoms in total. The molecule has 1 fully saturated rings. The number of carbonyl (C=O) groups excluding carboxylic acids is 1. The summed E-state index contributed by atoms with van der Waals surface area (Å²) < 4.78 is 4.48. The molecule has 0 radical (unpaired) electrons. The summed E-state index contributed by atoms with van der Waals surface area (Å²) in [6.07, 6.45) is 0. The van der Waals surface area contributed by atoms with Gasteiger partial charge >= 0.3 is 5.97 Å². The van der Waals surface area contributed by atoms with Gasteiger partial charge in [-0.1, -0.05) is 11.8 Å². The zero-order valence-corrected chi connectivity index (χ0v) is 8.90. The van der Waals surface area contributed by atoms with Crippen molar-refractivity contribution in [2.45, 2.75) is 19.4 Å². The van der Waals surface area contributed by atoms with E-state index in [2.05, 4.69) is 28.9 Å². The van der Waals surface area contributed by atoms with Gasteiger partial charge in [0, 0.05) is 11.3 Å². The van der Waals surface area contributed by atoms with Gasteiger partial charge in [-0.2, -0.15) is 0 Å². The Labute approximate surface area is 82.1 Å². The van der Waals surface area contributed by atoms with Crippen LogP contribution < -0.4 is 5.32 Å². The molecule has 0 aliphatic carbocycles. The number of methoxy groups -OCH3 is 1. The summed E-state index contributed by atoms with van der Waals surface area (Å²) in [6.45, 7) is 4.29. The summed E-state index contributed by atoms with van der Waals surface area (Å²) in [5.41, 5.74) is 0.0830. The highest BCUT2D eigenvalue weighted by molar-refractivity contribution is 8.14. The number of rotatable bonds is 2. The van der Waals surface area contributed by atoms with E-state index in [9.17, 15) is 4.79 Å². The average molecular weight is 202 g/mol. The molecule has 0 aromatic rings. The van der Waals surface area contributed by atoms with E-state index < -0.39 is 0 Å². The molecule has 13 heavy (non-hydrogen) atoms. The first-order chi connectivity index (χ1) is 6.03. The third kappa shape index (κ3) is 3.26. The first kappa shape index (κ1) is 10.4. The number of amidine groups is 1. The molecule has 0 bridgehead atoms. The molecule has 1 rings (SSSR count). The average Bonchev–Trinajstić information content (AvgIpc) is 2.41. The molecule has 1 heterocycles. The first-order valence-electron chi connectivity index (χ1n) is 4.06. The largest absolute Gasteiger partial charge is 0.468 e. The molecule has 0 unspecified atom stereocenters. The predicted molar refractivity (Wildman–Crippen MR) is 54.0 cm³/mol. The fourth-order valence-corrected chi connectivity index (χ4v) is 1.97. The molecular formula is C8H14N2O2S. The van der Waals surface area contributed by atoms with Crippen molar-refractivity contribution in [2.24, 2.45) is 4.99 Å². The number of nitrogens with zero attached hydrogens (tertiary/aromatic N) is 1. The maximum Gasteiger partial charge on any atom is 0.327 e. The van der Waals surface area contributed by atoms with E-state index in [0.29, 0.717) is 0 Å². The molecule has 0 atom stereocenters. The fourth-order valence-electron chi connectivity index (χ4n) is 0.897. The minimum absolute atomic E-state index is 0.0830. The van der Waals surface area contributed by atoms with Crippen LogP contribution in [0.25, 0.3) is 0 Å². The number of ether oxygens (including phenoxy) is 1. The van der Waals surface area contributed by atoms with Crippen molar-refractivity contribution in [1.82, 2.24) is 5.32 Å². The first-order valence-corrected chi connectivity index (χ1v) is 5.04. The van der Waals surface area contributed by atoms with Crippen LogP contribution in [0.5, 0.6) is 0 Å². The zero-order chi connectivity index (χ0) is 9.90. The highest BCUT2D eigenvalue weighted by Gasteiger charge is 2.27. The second-order valence-corrected chi connectivity index (χ2v) is 4.46. The molecular weight excluding hydrogens is 188 g/mol. The van der Waals surface area contributed by atoms with Crippen LogP contribution in [0.1, 0.15) is 13.8 Å². The van der Waals surface area contributed by atoms with E-state index in [0.717, 1.165) is 10.9 Å². The quantitative estimate of drug-likeness (QED) is 0.667. The van der Waals surface area contributed by atoms with Crippen LogP contribution in [0.3, 0.4) is 0 Å². The number of thioether (sulfide) groups is 1. The Hall–Kier alpha value is -0.710. The second kappa shape index (κ2) is 4.00. The Kier molecular flexibility index (Phi) is 3.19. The van der Waals surface area contributed by atoms with Gasteiger partial charge in [0.05, 0.1) is 7.11 Å². The topological polar surface area (TPSA) is 50.7 Å². The molecule has 5 heteroatoms. The van der Waals surface area contributed by atoms with E-state index in [-0.39, 0.29) is 18.1 Å². The molecule has 0 spiro atoms. The number of hydrogen-bond donors (Lipinski definition) is 1. The lowest BCUT2D eigenvalue weighted by atomic mass is 10.1.